The molecule has 0 aliphatic carbocycles. The molecule has 0 bridgehead atoms. The summed E-state index contributed by atoms with van der Waals surface area (Å²) in [6, 6.07) is 5.72. The number of methoxy groups -OCH3 is 1. The Labute approximate surface area is 122 Å². The minimum atomic E-state index is -4.81. The Morgan fingerprint density at radius 1 is 1.18 bits per heavy atom. The molecule has 2 aromatic rings. The Hall–Kier alpha value is -2.64. The first-order valence-corrected chi connectivity index (χ1v) is 5.90. The minimum Gasteiger partial charge on any atom is -0.465 e. The van der Waals surface area contributed by atoms with Gasteiger partial charge in [0.05, 0.1) is 12.7 Å². The van der Waals surface area contributed by atoms with Gasteiger partial charge in [-0.25, -0.2) is 9.78 Å². The zero-order chi connectivity index (χ0) is 16.3. The number of aromatic nitrogens is 1. The molecule has 0 spiro atoms. The molecule has 0 amide bonds. The lowest BCUT2D eigenvalue weighted by Gasteiger charge is -2.10. The molecule has 116 valence electrons. The molecule has 2 rings (SSSR count). The van der Waals surface area contributed by atoms with Crippen LogP contribution in [-0.2, 0) is 4.74 Å². The fourth-order valence-corrected chi connectivity index (χ4v) is 1.72. The summed E-state index contributed by atoms with van der Waals surface area (Å²) in [5, 5.41) is 0. The predicted octanol–water partition coefficient (Wildman–Crippen LogP) is 3.57. The van der Waals surface area contributed by atoms with E-state index in [2.05, 4.69) is 14.5 Å². The number of pyridine rings is 1. The normalized spacial score (nSPS) is 11.1. The van der Waals surface area contributed by atoms with Gasteiger partial charge in [-0.3, -0.25) is 0 Å². The third-order valence-corrected chi connectivity index (χ3v) is 2.66. The first-order valence-electron chi connectivity index (χ1n) is 5.90. The second-order valence-corrected chi connectivity index (χ2v) is 4.13. The van der Waals surface area contributed by atoms with Crippen molar-refractivity contribution in [1.82, 2.24) is 4.98 Å². The van der Waals surface area contributed by atoms with E-state index >= 15 is 0 Å². The van der Waals surface area contributed by atoms with Gasteiger partial charge in [0.25, 0.3) is 0 Å². The molecular formula is C14H9F4NO3. The number of halogens is 4. The molecule has 8 heteroatoms. The molecule has 0 atom stereocenters. The highest BCUT2D eigenvalue weighted by atomic mass is 19.4. The first kappa shape index (κ1) is 15.7. The Morgan fingerprint density at radius 3 is 2.36 bits per heavy atom. The van der Waals surface area contributed by atoms with Crippen molar-refractivity contribution in [2.24, 2.45) is 0 Å². The van der Waals surface area contributed by atoms with Crippen LogP contribution in [0.2, 0.25) is 0 Å². The third-order valence-electron chi connectivity index (χ3n) is 2.66. The number of carbonyl (C=O) groups is 1. The molecule has 0 saturated carbocycles. The molecule has 0 N–H and O–H groups in total. The second-order valence-electron chi connectivity index (χ2n) is 4.13. The number of rotatable bonds is 3. The van der Waals surface area contributed by atoms with Crippen molar-refractivity contribution in [3.05, 3.63) is 48.0 Å². The smallest absolute Gasteiger partial charge is 0.465 e. The number of benzene rings is 1. The highest BCUT2D eigenvalue weighted by Crippen LogP contribution is 2.28. The molecule has 0 unspecified atom stereocenters. The summed E-state index contributed by atoms with van der Waals surface area (Å²) in [6.07, 6.45) is -3.80. The Morgan fingerprint density at radius 2 is 1.82 bits per heavy atom. The number of esters is 1. The van der Waals surface area contributed by atoms with E-state index in [1.807, 2.05) is 0 Å². The lowest BCUT2D eigenvalue weighted by atomic mass is 10.1. The van der Waals surface area contributed by atoms with Crippen LogP contribution in [0.25, 0.3) is 11.1 Å². The largest absolute Gasteiger partial charge is 0.573 e. The van der Waals surface area contributed by atoms with Crippen molar-refractivity contribution >= 4 is 5.97 Å². The van der Waals surface area contributed by atoms with Crippen LogP contribution in [0.1, 0.15) is 10.4 Å². The average Bonchev–Trinajstić information content (AvgIpc) is 2.46. The van der Waals surface area contributed by atoms with Gasteiger partial charge < -0.3 is 9.47 Å². The van der Waals surface area contributed by atoms with Crippen molar-refractivity contribution in [3.63, 3.8) is 0 Å². The third kappa shape index (κ3) is 3.72. The van der Waals surface area contributed by atoms with E-state index in [-0.39, 0.29) is 16.7 Å². The maximum absolute atomic E-state index is 13.7. The molecule has 0 aliphatic heterocycles. The predicted molar refractivity (Wildman–Crippen MR) is 67.7 cm³/mol. The molecule has 1 aromatic heterocycles. The number of hydrogen-bond donors (Lipinski definition) is 0. The summed E-state index contributed by atoms with van der Waals surface area (Å²) >= 11 is 0. The van der Waals surface area contributed by atoms with E-state index in [0.29, 0.717) is 0 Å². The van der Waals surface area contributed by atoms with Crippen molar-refractivity contribution in [3.8, 4) is 16.9 Å². The van der Waals surface area contributed by atoms with Crippen LogP contribution in [0.15, 0.2) is 36.5 Å². The van der Waals surface area contributed by atoms with E-state index < -0.39 is 24.0 Å². The highest BCUT2D eigenvalue weighted by molar-refractivity contribution is 5.90. The summed E-state index contributed by atoms with van der Waals surface area (Å²) in [5.41, 5.74) is 0.223. The van der Waals surface area contributed by atoms with Crippen molar-refractivity contribution in [1.29, 1.82) is 0 Å². The number of carbonyl (C=O) groups excluding carboxylic acids is 1. The Bertz CT molecular complexity index is 683. The topological polar surface area (TPSA) is 48.4 Å². The molecular weight excluding hydrogens is 306 g/mol. The lowest BCUT2D eigenvalue weighted by Crippen LogP contribution is -2.16. The zero-order valence-corrected chi connectivity index (χ0v) is 11.1. The maximum Gasteiger partial charge on any atom is 0.573 e. The second kappa shape index (κ2) is 6.00. The molecule has 0 saturated heterocycles. The van der Waals surface area contributed by atoms with Crippen molar-refractivity contribution in [2.45, 2.75) is 6.36 Å². The SMILES string of the molecule is COC(=O)c1cnc(F)c(-c2ccc(OC(F)(F)F)cc2)c1. The van der Waals surface area contributed by atoms with Gasteiger partial charge in [0.2, 0.25) is 5.95 Å². The monoisotopic (exact) mass is 315 g/mol. The summed E-state index contributed by atoms with van der Waals surface area (Å²) < 4.78 is 58.1. The lowest BCUT2D eigenvalue weighted by molar-refractivity contribution is -0.274. The molecule has 1 aromatic carbocycles. The highest BCUT2D eigenvalue weighted by Gasteiger charge is 2.31. The number of hydrogen-bond acceptors (Lipinski definition) is 4. The van der Waals surface area contributed by atoms with Crippen LogP contribution in [0, 0.1) is 5.95 Å². The van der Waals surface area contributed by atoms with E-state index in [0.717, 1.165) is 25.4 Å². The maximum atomic E-state index is 13.7. The number of alkyl halides is 3. The minimum absolute atomic E-state index is 0.0227. The number of ether oxygens (including phenoxy) is 2. The summed E-state index contributed by atoms with van der Waals surface area (Å²) in [7, 11) is 1.16. The Balaban J connectivity index is 2.33. The molecule has 0 fully saturated rings. The average molecular weight is 315 g/mol. The van der Waals surface area contributed by atoms with Gasteiger partial charge in [-0.15, -0.1) is 13.2 Å². The van der Waals surface area contributed by atoms with Gasteiger partial charge in [0.1, 0.15) is 5.75 Å². The van der Waals surface area contributed by atoms with Crippen LogP contribution in [0.4, 0.5) is 17.6 Å². The summed E-state index contributed by atoms with van der Waals surface area (Å²) in [6.45, 7) is 0. The van der Waals surface area contributed by atoms with Crippen LogP contribution >= 0.6 is 0 Å². The molecule has 0 aliphatic rings. The van der Waals surface area contributed by atoms with Gasteiger partial charge in [0.15, 0.2) is 0 Å². The van der Waals surface area contributed by atoms with Gasteiger partial charge >= 0.3 is 12.3 Å². The fourth-order valence-electron chi connectivity index (χ4n) is 1.72. The van der Waals surface area contributed by atoms with E-state index in [1.165, 1.54) is 18.2 Å². The molecule has 4 nitrogen and oxygen atoms in total. The number of nitrogens with zero attached hydrogens (tertiary/aromatic N) is 1. The van der Waals surface area contributed by atoms with Crippen LogP contribution < -0.4 is 4.74 Å². The van der Waals surface area contributed by atoms with Gasteiger partial charge in [-0.2, -0.15) is 4.39 Å². The fraction of sp³-hybridized carbons (Fsp3) is 0.143. The standard InChI is InChI=1S/C14H9F4NO3/c1-21-13(20)9-6-11(12(15)19-7-9)8-2-4-10(5-3-8)22-14(16,17)18/h2-7H,1H3. The summed E-state index contributed by atoms with van der Waals surface area (Å²) in [5.74, 6) is -2.00. The van der Waals surface area contributed by atoms with Crippen LogP contribution in [-0.4, -0.2) is 24.4 Å². The van der Waals surface area contributed by atoms with Crippen LogP contribution in [0.5, 0.6) is 5.75 Å². The summed E-state index contributed by atoms with van der Waals surface area (Å²) in [4.78, 5) is 14.8. The first-order chi connectivity index (χ1) is 10.3. The quantitative estimate of drug-likeness (QED) is 0.493. The van der Waals surface area contributed by atoms with Crippen molar-refractivity contribution in [2.75, 3.05) is 7.11 Å². The van der Waals surface area contributed by atoms with E-state index in [1.54, 1.807) is 0 Å². The van der Waals surface area contributed by atoms with Crippen molar-refractivity contribution < 1.29 is 31.8 Å². The van der Waals surface area contributed by atoms with Gasteiger partial charge in [-0.05, 0) is 23.8 Å². The molecule has 1 heterocycles. The zero-order valence-electron chi connectivity index (χ0n) is 11.1. The van der Waals surface area contributed by atoms with Gasteiger partial charge in [-0.1, -0.05) is 12.1 Å². The van der Waals surface area contributed by atoms with E-state index in [4.69, 9.17) is 0 Å². The van der Waals surface area contributed by atoms with Gasteiger partial charge in [0, 0.05) is 11.8 Å². The Kier molecular flexibility index (Phi) is 4.30. The molecule has 22 heavy (non-hydrogen) atoms. The van der Waals surface area contributed by atoms with E-state index in [9.17, 15) is 22.4 Å². The molecule has 0 radical (unpaired) electrons. The van der Waals surface area contributed by atoms with Crippen LogP contribution in [0.3, 0.4) is 0 Å².